The van der Waals surface area contributed by atoms with Crippen LogP contribution >= 0.6 is 23.2 Å². The SMILES string of the molecule is CC1(C(F)(F)F)OC(=O)Nc2ccc(Cl)cc21.CC1(C(F)(F)F)OC(=O)Nc2ccc(Cl)cc21. The molecule has 0 radical (unpaired) electrons. The van der Waals surface area contributed by atoms with Gasteiger partial charge in [0.2, 0.25) is 11.2 Å². The quantitative estimate of drug-likeness (QED) is 0.349. The molecule has 4 rings (SSSR count). The van der Waals surface area contributed by atoms with Crippen LogP contribution < -0.4 is 10.6 Å². The first kappa shape index (κ1) is 25.8. The Morgan fingerprint density at radius 2 is 1.03 bits per heavy atom. The predicted octanol–water partition coefficient (Wildman–Crippen LogP) is 7.36. The molecule has 2 aliphatic rings. The molecule has 0 aliphatic carbocycles. The molecular formula is C20H14Cl2F6N2O4. The van der Waals surface area contributed by atoms with E-state index in [9.17, 15) is 35.9 Å². The molecule has 0 bridgehead atoms. The molecule has 2 aliphatic heterocycles. The Labute approximate surface area is 198 Å². The summed E-state index contributed by atoms with van der Waals surface area (Å²) in [6, 6.07) is 7.66. The number of hydrogen-bond donors (Lipinski definition) is 2. The maximum Gasteiger partial charge on any atom is 0.432 e. The Kier molecular flexibility index (Phi) is 6.38. The van der Waals surface area contributed by atoms with Crippen LogP contribution in [0.15, 0.2) is 36.4 Å². The van der Waals surface area contributed by atoms with Crippen molar-refractivity contribution in [2.24, 2.45) is 0 Å². The van der Waals surface area contributed by atoms with Gasteiger partial charge >= 0.3 is 24.5 Å². The number of anilines is 2. The van der Waals surface area contributed by atoms with E-state index in [1.165, 1.54) is 24.3 Å². The van der Waals surface area contributed by atoms with Gasteiger partial charge in [0.05, 0.1) is 11.4 Å². The van der Waals surface area contributed by atoms with E-state index >= 15 is 0 Å². The van der Waals surface area contributed by atoms with Gasteiger partial charge < -0.3 is 9.47 Å². The molecular weight excluding hydrogens is 517 g/mol. The van der Waals surface area contributed by atoms with Crippen molar-refractivity contribution in [3.63, 3.8) is 0 Å². The Morgan fingerprint density at radius 3 is 1.32 bits per heavy atom. The third-order valence-electron chi connectivity index (χ3n) is 5.14. The zero-order valence-corrected chi connectivity index (χ0v) is 18.6. The van der Waals surface area contributed by atoms with Crippen molar-refractivity contribution < 1.29 is 45.4 Å². The van der Waals surface area contributed by atoms with Crippen LogP contribution in [0.25, 0.3) is 0 Å². The third-order valence-corrected chi connectivity index (χ3v) is 5.61. The minimum absolute atomic E-state index is 0.0467. The minimum atomic E-state index is -4.72. The number of ether oxygens (including phenoxy) is 2. The molecule has 184 valence electrons. The first-order chi connectivity index (χ1) is 15.5. The number of rotatable bonds is 0. The fourth-order valence-electron chi connectivity index (χ4n) is 3.21. The highest BCUT2D eigenvalue weighted by Crippen LogP contribution is 2.48. The standard InChI is InChI=1S/2C10H7ClF3NO2/c2*1-9(10(12,13)14)6-4-5(11)2-3-7(6)15-8(16)17-9/h2*2-4H,1H3,(H,15,16). The van der Waals surface area contributed by atoms with Gasteiger partial charge in [-0.1, -0.05) is 23.2 Å². The number of benzene rings is 2. The van der Waals surface area contributed by atoms with Crippen LogP contribution in [0, 0.1) is 0 Å². The summed E-state index contributed by atoms with van der Waals surface area (Å²) in [5.74, 6) is 0. The van der Waals surface area contributed by atoms with Gasteiger partial charge in [-0.25, -0.2) is 9.59 Å². The number of alkyl halides is 6. The average molecular weight is 531 g/mol. The normalized spacial score (nSPS) is 23.7. The summed E-state index contributed by atoms with van der Waals surface area (Å²) in [6.07, 6.45) is -11.7. The maximum absolute atomic E-state index is 13.0. The van der Waals surface area contributed by atoms with Gasteiger partial charge in [-0.15, -0.1) is 0 Å². The number of fused-ring (bicyclic) bond motifs is 2. The van der Waals surface area contributed by atoms with E-state index in [1.807, 2.05) is 0 Å². The van der Waals surface area contributed by atoms with E-state index in [-0.39, 0.29) is 32.5 Å². The molecule has 14 heteroatoms. The lowest BCUT2D eigenvalue weighted by Gasteiger charge is -2.36. The van der Waals surface area contributed by atoms with Crippen LogP contribution in [-0.2, 0) is 20.7 Å². The molecule has 2 atom stereocenters. The second kappa shape index (κ2) is 8.42. The summed E-state index contributed by atoms with van der Waals surface area (Å²) in [4.78, 5) is 22.2. The molecule has 2 aromatic rings. The van der Waals surface area contributed by atoms with Crippen molar-refractivity contribution in [3.05, 3.63) is 57.6 Å². The predicted molar refractivity (Wildman–Crippen MR) is 110 cm³/mol. The summed E-state index contributed by atoms with van der Waals surface area (Å²) in [5.41, 5.74) is -5.70. The first-order valence-electron chi connectivity index (χ1n) is 9.21. The van der Waals surface area contributed by atoms with Gasteiger partial charge in [-0.3, -0.25) is 10.6 Å². The maximum atomic E-state index is 13.0. The van der Waals surface area contributed by atoms with Crippen molar-refractivity contribution in [2.75, 3.05) is 10.6 Å². The highest BCUT2D eigenvalue weighted by Gasteiger charge is 2.59. The highest BCUT2D eigenvalue weighted by atomic mass is 35.5. The topological polar surface area (TPSA) is 76.7 Å². The Balaban J connectivity index is 0.000000191. The Hall–Kier alpha value is -2.86. The molecule has 0 spiro atoms. The first-order valence-corrected chi connectivity index (χ1v) is 9.97. The Bertz CT molecular complexity index is 1070. The van der Waals surface area contributed by atoms with Gasteiger partial charge in [-0.05, 0) is 50.2 Å². The summed E-state index contributed by atoms with van der Waals surface area (Å²) >= 11 is 11.3. The van der Waals surface area contributed by atoms with Crippen molar-refractivity contribution >= 4 is 46.8 Å². The number of carbonyl (C=O) groups excluding carboxylic acids is 2. The fourth-order valence-corrected chi connectivity index (χ4v) is 3.56. The molecule has 2 unspecified atom stereocenters. The largest absolute Gasteiger partial charge is 0.432 e. The molecule has 34 heavy (non-hydrogen) atoms. The lowest BCUT2D eigenvalue weighted by Crippen LogP contribution is -2.47. The molecule has 0 saturated carbocycles. The van der Waals surface area contributed by atoms with Crippen molar-refractivity contribution in [2.45, 2.75) is 37.4 Å². The van der Waals surface area contributed by atoms with Gasteiger partial charge in [0.15, 0.2) is 0 Å². The Morgan fingerprint density at radius 1 is 0.706 bits per heavy atom. The number of halogens is 8. The number of nitrogens with one attached hydrogen (secondary N) is 2. The zero-order valence-electron chi connectivity index (χ0n) is 17.1. The van der Waals surface area contributed by atoms with Crippen molar-refractivity contribution in [1.29, 1.82) is 0 Å². The molecule has 2 heterocycles. The van der Waals surface area contributed by atoms with Crippen LogP contribution in [0.2, 0.25) is 10.0 Å². The highest BCUT2D eigenvalue weighted by molar-refractivity contribution is 6.31. The molecule has 2 N–H and O–H groups in total. The number of hydrogen-bond acceptors (Lipinski definition) is 4. The van der Waals surface area contributed by atoms with Crippen molar-refractivity contribution in [1.82, 2.24) is 0 Å². The molecule has 6 nitrogen and oxygen atoms in total. The molecule has 0 fully saturated rings. The van der Waals surface area contributed by atoms with E-state index in [0.717, 1.165) is 26.0 Å². The number of carbonyl (C=O) groups is 2. The second-order valence-electron chi connectivity index (χ2n) is 7.47. The zero-order chi connectivity index (χ0) is 25.7. The monoisotopic (exact) mass is 530 g/mol. The summed E-state index contributed by atoms with van der Waals surface area (Å²) in [6.45, 7) is 1.59. The minimum Gasteiger partial charge on any atom is -0.428 e. The van der Waals surface area contributed by atoms with Gasteiger partial charge in [0, 0.05) is 21.2 Å². The second-order valence-corrected chi connectivity index (χ2v) is 8.34. The molecule has 0 aromatic heterocycles. The van der Waals surface area contributed by atoms with E-state index < -0.39 is 35.7 Å². The van der Waals surface area contributed by atoms with Crippen LogP contribution in [0.5, 0.6) is 0 Å². The van der Waals surface area contributed by atoms with E-state index in [4.69, 9.17) is 23.2 Å². The van der Waals surface area contributed by atoms with Crippen LogP contribution in [0.1, 0.15) is 25.0 Å². The summed E-state index contributed by atoms with van der Waals surface area (Å²) < 4.78 is 86.5. The summed E-state index contributed by atoms with van der Waals surface area (Å²) in [7, 11) is 0. The molecule has 2 amide bonds. The van der Waals surface area contributed by atoms with Gasteiger partial charge in [0.1, 0.15) is 0 Å². The van der Waals surface area contributed by atoms with Crippen LogP contribution in [-0.4, -0.2) is 24.5 Å². The van der Waals surface area contributed by atoms with E-state index in [0.29, 0.717) is 0 Å². The fraction of sp³-hybridized carbons (Fsp3) is 0.300. The summed E-state index contributed by atoms with van der Waals surface area (Å²) in [5, 5.41) is 4.67. The van der Waals surface area contributed by atoms with E-state index in [1.54, 1.807) is 0 Å². The number of cyclic esters (lactones) is 2. The third kappa shape index (κ3) is 4.56. The lowest BCUT2D eigenvalue weighted by molar-refractivity contribution is -0.257. The smallest absolute Gasteiger partial charge is 0.428 e. The van der Waals surface area contributed by atoms with Gasteiger partial charge in [0.25, 0.3) is 0 Å². The van der Waals surface area contributed by atoms with Crippen LogP contribution in [0.3, 0.4) is 0 Å². The number of amides is 2. The van der Waals surface area contributed by atoms with Crippen molar-refractivity contribution in [3.8, 4) is 0 Å². The molecule has 2 aromatic carbocycles. The molecule has 0 saturated heterocycles. The van der Waals surface area contributed by atoms with Gasteiger partial charge in [-0.2, -0.15) is 26.3 Å². The van der Waals surface area contributed by atoms with E-state index in [2.05, 4.69) is 20.1 Å². The average Bonchev–Trinajstić information content (AvgIpc) is 2.68. The van der Waals surface area contributed by atoms with Crippen LogP contribution in [0.4, 0.5) is 47.3 Å². The lowest BCUT2D eigenvalue weighted by atomic mass is 9.92.